The first kappa shape index (κ1) is 27.2. The largest absolute Gasteiger partial charge is 0.487 e. The summed E-state index contributed by atoms with van der Waals surface area (Å²) in [4.78, 5) is 4.58. The maximum Gasteiger partial charge on any atom is 0.416 e. The van der Waals surface area contributed by atoms with Gasteiger partial charge in [0.2, 0.25) is 5.89 Å². The van der Waals surface area contributed by atoms with Crippen LogP contribution in [0.15, 0.2) is 89.4 Å². The highest BCUT2D eigenvalue weighted by molar-refractivity contribution is 5.67. The van der Waals surface area contributed by atoms with Crippen molar-refractivity contribution in [3.05, 3.63) is 102 Å². The molecule has 0 saturated heterocycles. The standard InChI is InChI=1S/C30H29F3N2O3/c1-2-3-8-21(17-18-34-36)24-11-7-12-26(19-24)37-20-27-28(22-9-5-4-6-10-22)38-29(35-27)23-13-15-25(16-14-23)30(31,32)33/h4-7,9-17,19,34,36H,2-3,8,18,20H2,1H3/b21-17+. The molecule has 0 unspecified atom stereocenters. The average molecular weight is 523 g/mol. The Labute approximate surface area is 219 Å². The van der Waals surface area contributed by atoms with E-state index < -0.39 is 11.7 Å². The van der Waals surface area contributed by atoms with Crippen LogP contribution in [0.5, 0.6) is 5.75 Å². The molecule has 0 atom stereocenters. The van der Waals surface area contributed by atoms with E-state index in [1.54, 1.807) is 0 Å². The van der Waals surface area contributed by atoms with Gasteiger partial charge in [0.05, 0.1) is 5.56 Å². The fourth-order valence-electron chi connectivity index (χ4n) is 4.03. The number of benzene rings is 3. The summed E-state index contributed by atoms with van der Waals surface area (Å²) >= 11 is 0. The smallest absolute Gasteiger partial charge is 0.416 e. The molecule has 1 heterocycles. The molecule has 5 nitrogen and oxygen atoms in total. The maximum absolute atomic E-state index is 13.0. The van der Waals surface area contributed by atoms with E-state index in [0.29, 0.717) is 29.3 Å². The summed E-state index contributed by atoms with van der Waals surface area (Å²) in [6.45, 7) is 2.57. The molecule has 38 heavy (non-hydrogen) atoms. The Morgan fingerprint density at radius 3 is 2.45 bits per heavy atom. The Balaban J connectivity index is 1.60. The van der Waals surface area contributed by atoms with Gasteiger partial charge in [-0.15, -0.1) is 0 Å². The summed E-state index contributed by atoms with van der Waals surface area (Å²) in [6.07, 6.45) is 0.484. The van der Waals surface area contributed by atoms with Crippen LogP contribution in [-0.2, 0) is 12.8 Å². The second-order valence-electron chi connectivity index (χ2n) is 8.75. The first-order chi connectivity index (χ1) is 18.4. The van der Waals surface area contributed by atoms with Crippen molar-refractivity contribution in [1.82, 2.24) is 10.5 Å². The molecule has 2 N–H and O–H groups in total. The zero-order valence-corrected chi connectivity index (χ0v) is 21.0. The number of hydroxylamine groups is 1. The van der Waals surface area contributed by atoms with Gasteiger partial charge in [0, 0.05) is 17.7 Å². The van der Waals surface area contributed by atoms with Crippen LogP contribution >= 0.6 is 0 Å². The highest BCUT2D eigenvalue weighted by Gasteiger charge is 2.30. The topological polar surface area (TPSA) is 67.5 Å². The summed E-state index contributed by atoms with van der Waals surface area (Å²) in [6, 6.07) is 21.8. The SMILES string of the molecule is CCCC/C(=C\CNO)c1cccc(OCc2nc(-c3ccc(C(F)(F)F)cc3)oc2-c2ccccc2)c1. The molecule has 0 aliphatic carbocycles. The van der Waals surface area contributed by atoms with E-state index in [-0.39, 0.29) is 12.5 Å². The fourth-order valence-corrected chi connectivity index (χ4v) is 4.03. The van der Waals surface area contributed by atoms with Crippen LogP contribution in [0.25, 0.3) is 28.4 Å². The molecule has 0 radical (unpaired) electrons. The first-order valence-electron chi connectivity index (χ1n) is 12.4. The van der Waals surface area contributed by atoms with E-state index in [1.165, 1.54) is 12.1 Å². The van der Waals surface area contributed by atoms with E-state index in [9.17, 15) is 13.2 Å². The predicted molar refractivity (Wildman–Crippen MR) is 140 cm³/mol. The van der Waals surface area contributed by atoms with Gasteiger partial charge in [-0.05, 0) is 60.4 Å². The Hall–Kier alpha value is -3.88. The molecule has 3 aromatic carbocycles. The van der Waals surface area contributed by atoms with Crippen LogP contribution in [0.2, 0.25) is 0 Å². The number of rotatable bonds is 11. The van der Waals surface area contributed by atoms with E-state index in [2.05, 4.69) is 17.4 Å². The molecule has 1 aromatic heterocycles. The van der Waals surface area contributed by atoms with Gasteiger partial charge < -0.3 is 14.4 Å². The van der Waals surface area contributed by atoms with Crippen molar-refractivity contribution in [1.29, 1.82) is 0 Å². The molecule has 0 amide bonds. The van der Waals surface area contributed by atoms with Gasteiger partial charge in [-0.25, -0.2) is 10.5 Å². The van der Waals surface area contributed by atoms with Crippen LogP contribution in [0.3, 0.4) is 0 Å². The number of allylic oxidation sites excluding steroid dienone is 1. The maximum atomic E-state index is 13.0. The number of ether oxygens (including phenoxy) is 1. The molecule has 4 rings (SSSR count). The van der Waals surface area contributed by atoms with Gasteiger partial charge in [-0.3, -0.25) is 0 Å². The minimum absolute atomic E-state index is 0.101. The number of alkyl halides is 3. The number of unbranched alkanes of at least 4 members (excludes halogenated alkanes) is 1. The quantitative estimate of drug-likeness (QED) is 0.195. The third-order valence-electron chi connectivity index (χ3n) is 6.01. The number of nitrogens with one attached hydrogen (secondary N) is 1. The second kappa shape index (κ2) is 12.6. The molecule has 0 saturated carbocycles. The van der Waals surface area contributed by atoms with E-state index >= 15 is 0 Å². The van der Waals surface area contributed by atoms with Gasteiger partial charge in [0.25, 0.3) is 0 Å². The van der Waals surface area contributed by atoms with Gasteiger partial charge in [-0.1, -0.05) is 61.9 Å². The molecule has 0 fully saturated rings. The molecule has 4 aromatic rings. The summed E-state index contributed by atoms with van der Waals surface area (Å²) in [5, 5.41) is 9.02. The number of halogens is 3. The summed E-state index contributed by atoms with van der Waals surface area (Å²) in [5.41, 5.74) is 5.29. The van der Waals surface area contributed by atoms with Crippen LogP contribution in [0.4, 0.5) is 13.2 Å². The molecule has 0 spiro atoms. The van der Waals surface area contributed by atoms with Crippen molar-refractivity contribution in [3.8, 4) is 28.5 Å². The Kier molecular flexibility index (Phi) is 8.99. The lowest BCUT2D eigenvalue weighted by atomic mass is 9.99. The van der Waals surface area contributed by atoms with Gasteiger partial charge >= 0.3 is 6.18 Å². The molecule has 8 heteroatoms. The van der Waals surface area contributed by atoms with Crippen molar-refractivity contribution in [2.24, 2.45) is 0 Å². The number of hydrogen-bond donors (Lipinski definition) is 2. The number of nitrogens with zero attached hydrogens (tertiary/aromatic N) is 1. The molecule has 0 aliphatic rings. The minimum Gasteiger partial charge on any atom is -0.487 e. The van der Waals surface area contributed by atoms with E-state index in [4.69, 9.17) is 14.4 Å². The number of aromatic nitrogens is 1. The van der Waals surface area contributed by atoms with Crippen LogP contribution < -0.4 is 10.2 Å². The lowest BCUT2D eigenvalue weighted by molar-refractivity contribution is -0.137. The molecular formula is C30H29F3N2O3. The lowest BCUT2D eigenvalue weighted by Crippen LogP contribution is -2.06. The van der Waals surface area contributed by atoms with Crippen LogP contribution in [-0.4, -0.2) is 16.7 Å². The zero-order valence-electron chi connectivity index (χ0n) is 21.0. The third-order valence-corrected chi connectivity index (χ3v) is 6.01. The highest BCUT2D eigenvalue weighted by atomic mass is 19.4. The number of oxazole rings is 1. The van der Waals surface area contributed by atoms with Crippen molar-refractivity contribution >= 4 is 5.57 Å². The zero-order chi connectivity index (χ0) is 27.0. The van der Waals surface area contributed by atoms with Gasteiger partial charge in [0.1, 0.15) is 18.1 Å². The van der Waals surface area contributed by atoms with Crippen LogP contribution in [0.1, 0.15) is 43.0 Å². The normalized spacial score (nSPS) is 12.1. The molecule has 198 valence electrons. The highest BCUT2D eigenvalue weighted by Crippen LogP contribution is 2.34. The van der Waals surface area contributed by atoms with E-state index in [0.717, 1.165) is 48.1 Å². The molecular weight excluding hydrogens is 493 g/mol. The van der Waals surface area contributed by atoms with E-state index in [1.807, 2.05) is 60.7 Å². The van der Waals surface area contributed by atoms with Gasteiger partial charge in [0.15, 0.2) is 5.76 Å². The molecule has 0 bridgehead atoms. The summed E-state index contributed by atoms with van der Waals surface area (Å²) < 4.78 is 51.1. The summed E-state index contributed by atoms with van der Waals surface area (Å²) in [5.74, 6) is 1.35. The van der Waals surface area contributed by atoms with Crippen molar-refractivity contribution in [3.63, 3.8) is 0 Å². The first-order valence-corrected chi connectivity index (χ1v) is 12.4. The third kappa shape index (κ3) is 6.90. The Bertz CT molecular complexity index is 1350. The van der Waals surface area contributed by atoms with Crippen molar-refractivity contribution in [2.45, 2.75) is 39.0 Å². The van der Waals surface area contributed by atoms with Gasteiger partial charge in [-0.2, -0.15) is 13.2 Å². The second-order valence-corrected chi connectivity index (χ2v) is 8.75. The molecule has 0 aliphatic heterocycles. The number of hydrogen-bond acceptors (Lipinski definition) is 5. The monoisotopic (exact) mass is 522 g/mol. The Morgan fingerprint density at radius 1 is 1.00 bits per heavy atom. The van der Waals surface area contributed by atoms with Crippen molar-refractivity contribution < 1.29 is 27.5 Å². The summed E-state index contributed by atoms with van der Waals surface area (Å²) in [7, 11) is 0. The minimum atomic E-state index is -4.42. The Morgan fingerprint density at radius 2 is 1.76 bits per heavy atom. The predicted octanol–water partition coefficient (Wildman–Crippen LogP) is 8.16. The average Bonchev–Trinajstić information content (AvgIpc) is 3.37. The lowest BCUT2D eigenvalue weighted by Gasteiger charge is -2.11. The van der Waals surface area contributed by atoms with Crippen LogP contribution in [0, 0.1) is 0 Å². The fraction of sp³-hybridized carbons (Fsp3) is 0.233. The van der Waals surface area contributed by atoms with Crippen molar-refractivity contribution in [2.75, 3.05) is 6.54 Å².